The van der Waals surface area contributed by atoms with Crippen molar-refractivity contribution in [3.63, 3.8) is 0 Å². The number of rotatable bonds is 4. The second-order valence-electron chi connectivity index (χ2n) is 11.2. The number of allylic oxidation sites excluding steroid dienone is 1. The van der Waals surface area contributed by atoms with E-state index in [0.29, 0.717) is 19.4 Å². The monoisotopic (exact) mass is 581 g/mol. The number of piperidine rings is 1. The Morgan fingerprint density at radius 1 is 1.20 bits per heavy atom. The summed E-state index contributed by atoms with van der Waals surface area (Å²) in [6, 6.07) is -0.783. The van der Waals surface area contributed by atoms with Crippen molar-refractivity contribution in [2.24, 2.45) is 17.6 Å². The fourth-order valence-corrected chi connectivity index (χ4v) is 6.94. The Hall–Kier alpha value is -3.62. The molecule has 1 aromatic rings. The molecule has 0 spiro atoms. The van der Waals surface area contributed by atoms with Gasteiger partial charge in [-0.15, -0.1) is 13.2 Å². The van der Waals surface area contributed by atoms with E-state index in [0.717, 1.165) is 12.5 Å². The lowest BCUT2D eigenvalue weighted by molar-refractivity contribution is -0.275. The number of ether oxygens (including phenoxy) is 1. The number of fused-ring (bicyclic) bond motifs is 3. The van der Waals surface area contributed by atoms with Gasteiger partial charge in [-0.05, 0) is 58.3 Å². The first-order valence-corrected chi connectivity index (χ1v) is 13.1. The number of hydrogen-bond acceptors (Lipinski definition) is 10. The number of nitrogens with one attached hydrogen (secondary N) is 1. The molecule has 0 aromatic heterocycles. The van der Waals surface area contributed by atoms with Crippen LogP contribution in [0.15, 0.2) is 28.7 Å². The lowest BCUT2D eigenvalue weighted by Crippen LogP contribution is -2.63. The molecule has 1 amide bonds. The Bertz CT molecular complexity index is 1410. The fourth-order valence-electron chi connectivity index (χ4n) is 6.94. The highest BCUT2D eigenvalue weighted by Crippen LogP contribution is 2.54. The maximum Gasteiger partial charge on any atom is 0.573 e. The van der Waals surface area contributed by atoms with E-state index in [-0.39, 0.29) is 24.0 Å². The minimum absolute atomic E-state index is 0.0285. The third kappa shape index (κ3) is 4.35. The number of likely N-dealkylation sites (N-methyl/N-ethyl adjacent to an activating group) is 1. The summed E-state index contributed by atoms with van der Waals surface area (Å²) in [6.07, 6.45) is -3.72. The summed E-state index contributed by atoms with van der Waals surface area (Å²) in [7, 11) is 2.95. The summed E-state index contributed by atoms with van der Waals surface area (Å²) in [5, 5.41) is 47.8. The van der Waals surface area contributed by atoms with E-state index >= 15 is 0 Å². The molecule has 5 atom stereocenters. The molecule has 1 heterocycles. The molecule has 1 saturated heterocycles. The lowest BCUT2D eigenvalue weighted by atomic mass is 9.58. The van der Waals surface area contributed by atoms with Gasteiger partial charge in [0.2, 0.25) is 5.78 Å². The SMILES string of the molecule is CN(C)[C@@H]1C(O)=C(C(N)=O)C(=O)[C@@]2(O)C(O)=C3C(=O)c4c(O)cc(C5CCCCN5)c(OC(F)(F)F)c4C[C@H]3C[C@@H]12. The quantitative estimate of drug-likeness (QED) is 0.287. The van der Waals surface area contributed by atoms with Crippen molar-refractivity contribution in [3.8, 4) is 11.5 Å². The average molecular weight is 582 g/mol. The van der Waals surface area contributed by atoms with Gasteiger partial charge in [0.15, 0.2) is 11.4 Å². The highest BCUT2D eigenvalue weighted by molar-refractivity contribution is 6.24. The van der Waals surface area contributed by atoms with Crippen LogP contribution in [0.4, 0.5) is 13.2 Å². The number of alkyl halides is 3. The van der Waals surface area contributed by atoms with Crippen LogP contribution in [-0.2, 0) is 16.0 Å². The number of benzene rings is 1. The Balaban J connectivity index is 1.72. The molecule has 0 bridgehead atoms. The summed E-state index contributed by atoms with van der Waals surface area (Å²) in [5.41, 5.74) is 0.291. The largest absolute Gasteiger partial charge is 0.573 e. The number of aliphatic hydroxyl groups excluding tert-OH is 2. The van der Waals surface area contributed by atoms with Crippen molar-refractivity contribution < 1.29 is 52.7 Å². The predicted octanol–water partition coefficient (Wildman–Crippen LogP) is 1.83. The van der Waals surface area contributed by atoms with E-state index < -0.39 is 93.1 Å². The number of Topliss-reactive ketones (excluding diaryl/α,β-unsaturated/α-hetero) is 2. The molecule has 222 valence electrons. The second kappa shape index (κ2) is 9.74. The van der Waals surface area contributed by atoms with E-state index in [2.05, 4.69) is 10.1 Å². The lowest BCUT2D eigenvalue weighted by Gasteiger charge is -2.50. The smallest absolute Gasteiger partial charge is 0.510 e. The number of nitrogens with zero attached hydrogens (tertiary/aromatic N) is 1. The van der Waals surface area contributed by atoms with E-state index in [4.69, 9.17) is 5.73 Å². The molecule has 14 heteroatoms. The van der Waals surface area contributed by atoms with Crippen LogP contribution in [0.2, 0.25) is 0 Å². The first kappa shape index (κ1) is 28.9. The van der Waals surface area contributed by atoms with Crippen LogP contribution in [0.1, 0.15) is 53.2 Å². The molecule has 1 fully saturated rings. The molecule has 1 aliphatic heterocycles. The van der Waals surface area contributed by atoms with Gasteiger partial charge in [0, 0.05) is 28.7 Å². The maximum atomic E-state index is 13.8. The minimum atomic E-state index is -5.13. The summed E-state index contributed by atoms with van der Waals surface area (Å²) >= 11 is 0. The standard InChI is InChI=1S/C27H30F3N3O8/c1-33(2)19-13-8-10-7-12-17(15(34)9-11(14-5-3-4-6-32-14)22(12)41-27(28,29)30)20(35)16(10)23(37)26(13,40)24(38)18(21(19)36)25(31)39/h9-10,13-14,19,32,34,36-37,40H,3-8H2,1-2H3,(H2,31,39)/t10-,13-,14?,19-,26-/m0/s1. The van der Waals surface area contributed by atoms with Crippen LogP contribution in [0.25, 0.3) is 0 Å². The van der Waals surface area contributed by atoms with Gasteiger partial charge >= 0.3 is 6.36 Å². The zero-order valence-electron chi connectivity index (χ0n) is 22.2. The molecule has 0 saturated carbocycles. The average Bonchev–Trinajstić information content (AvgIpc) is 2.87. The fraction of sp³-hybridized carbons (Fsp3) is 0.519. The minimum Gasteiger partial charge on any atom is -0.510 e. The number of ketones is 2. The number of halogens is 3. The van der Waals surface area contributed by atoms with Crippen LogP contribution in [0.5, 0.6) is 11.5 Å². The van der Waals surface area contributed by atoms with Gasteiger partial charge in [0.1, 0.15) is 28.6 Å². The number of nitrogens with two attached hydrogens (primary N) is 1. The van der Waals surface area contributed by atoms with Crippen molar-refractivity contribution in [1.29, 1.82) is 0 Å². The highest BCUT2D eigenvalue weighted by atomic mass is 19.4. The summed E-state index contributed by atoms with van der Waals surface area (Å²) < 4.78 is 45.5. The van der Waals surface area contributed by atoms with Crippen molar-refractivity contribution in [1.82, 2.24) is 10.2 Å². The molecular weight excluding hydrogens is 551 g/mol. The third-order valence-corrected chi connectivity index (χ3v) is 8.60. The number of phenolic OH excluding ortho intramolecular Hbond substituents is 1. The van der Waals surface area contributed by atoms with E-state index in [1.807, 2.05) is 0 Å². The Labute approximate surface area is 232 Å². The molecule has 0 radical (unpaired) electrons. The van der Waals surface area contributed by atoms with E-state index in [1.165, 1.54) is 19.0 Å². The van der Waals surface area contributed by atoms with Gasteiger partial charge in [0.05, 0.1) is 11.6 Å². The molecule has 5 rings (SSSR count). The molecule has 7 N–H and O–H groups in total. The van der Waals surface area contributed by atoms with Crippen LogP contribution in [0.3, 0.4) is 0 Å². The van der Waals surface area contributed by atoms with Crippen molar-refractivity contribution in [2.45, 2.75) is 56.2 Å². The second-order valence-corrected chi connectivity index (χ2v) is 11.2. The summed E-state index contributed by atoms with van der Waals surface area (Å²) in [5.74, 6) is -9.33. The first-order valence-electron chi connectivity index (χ1n) is 13.1. The van der Waals surface area contributed by atoms with Crippen LogP contribution >= 0.6 is 0 Å². The number of aliphatic hydroxyl groups is 3. The van der Waals surface area contributed by atoms with Gasteiger partial charge in [-0.3, -0.25) is 19.3 Å². The Morgan fingerprint density at radius 2 is 1.88 bits per heavy atom. The molecule has 11 nitrogen and oxygen atoms in total. The van der Waals surface area contributed by atoms with E-state index in [1.54, 1.807) is 0 Å². The van der Waals surface area contributed by atoms with E-state index in [9.17, 15) is 48.0 Å². The molecular formula is C27H30F3N3O8. The topological polar surface area (TPSA) is 183 Å². The zero-order chi connectivity index (χ0) is 30.2. The Kier molecular flexibility index (Phi) is 6.86. The van der Waals surface area contributed by atoms with Gasteiger partial charge in [-0.25, -0.2) is 0 Å². The van der Waals surface area contributed by atoms with Crippen LogP contribution in [-0.4, -0.2) is 81.4 Å². The van der Waals surface area contributed by atoms with Crippen LogP contribution < -0.4 is 15.8 Å². The molecule has 4 aliphatic rings. The predicted molar refractivity (Wildman–Crippen MR) is 135 cm³/mol. The van der Waals surface area contributed by atoms with Gasteiger partial charge in [-0.2, -0.15) is 0 Å². The van der Waals surface area contributed by atoms with Crippen LogP contribution in [0, 0.1) is 11.8 Å². The summed E-state index contributed by atoms with van der Waals surface area (Å²) in [6.45, 7) is 0.529. The van der Waals surface area contributed by atoms with Gasteiger partial charge < -0.3 is 36.2 Å². The van der Waals surface area contributed by atoms with Crippen molar-refractivity contribution >= 4 is 17.5 Å². The number of carbonyl (C=O) groups is 3. The third-order valence-electron chi connectivity index (χ3n) is 8.60. The molecule has 1 aromatic carbocycles. The number of aromatic hydroxyl groups is 1. The molecule has 41 heavy (non-hydrogen) atoms. The van der Waals surface area contributed by atoms with Crippen molar-refractivity contribution in [3.05, 3.63) is 45.4 Å². The summed E-state index contributed by atoms with van der Waals surface area (Å²) in [4.78, 5) is 40.6. The normalized spacial score (nSPS) is 30.2. The molecule has 3 aliphatic carbocycles. The number of primary amides is 1. The molecule has 1 unspecified atom stereocenters. The number of hydrogen-bond donors (Lipinski definition) is 6. The van der Waals surface area contributed by atoms with Gasteiger partial charge in [-0.1, -0.05) is 6.42 Å². The number of phenols is 1. The van der Waals surface area contributed by atoms with Crippen molar-refractivity contribution in [2.75, 3.05) is 20.6 Å². The maximum absolute atomic E-state index is 13.8. The highest BCUT2D eigenvalue weighted by Gasteiger charge is 2.63. The first-order chi connectivity index (χ1) is 19.1. The number of amides is 1. The zero-order valence-corrected chi connectivity index (χ0v) is 22.2. The Morgan fingerprint density at radius 3 is 2.44 bits per heavy atom. The van der Waals surface area contributed by atoms with Gasteiger partial charge in [0.25, 0.3) is 5.91 Å². The number of carbonyl (C=O) groups excluding carboxylic acids is 3.